The third-order valence-corrected chi connectivity index (χ3v) is 4.24. The Morgan fingerprint density at radius 1 is 1.21 bits per heavy atom. The van der Waals surface area contributed by atoms with Crippen molar-refractivity contribution in [3.8, 4) is 11.5 Å². The first-order valence-electron chi connectivity index (χ1n) is 7.75. The molecule has 24 heavy (non-hydrogen) atoms. The summed E-state index contributed by atoms with van der Waals surface area (Å²) in [6, 6.07) is 11.0. The lowest BCUT2D eigenvalue weighted by Crippen LogP contribution is -2.29. The Morgan fingerprint density at radius 2 is 1.92 bits per heavy atom. The van der Waals surface area contributed by atoms with E-state index in [0.717, 1.165) is 16.8 Å². The largest absolute Gasteiger partial charge is 0.497 e. The summed E-state index contributed by atoms with van der Waals surface area (Å²) in [6.07, 6.45) is 0.0239. The van der Waals surface area contributed by atoms with Crippen LogP contribution in [-0.2, 0) is 9.59 Å². The molecule has 0 saturated carbocycles. The van der Waals surface area contributed by atoms with Crippen LogP contribution in [0.15, 0.2) is 36.4 Å². The lowest BCUT2D eigenvalue weighted by atomic mass is 9.91. The third-order valence-electron chi connectivity index (χ3n) is 4.24. The molecule has 0 saturated heterocycles. The van der Waals surface area contributed by atoms with E-state index in [4.69, 9.17) is 9.47 Å². The Balaban J connectivity index is 1.92. The second-order valence-electron chi connectivity index (χ2n) is 5.89. The summed E-state index contributed by atoms with van der Waals surface area (Å²) < 4.78 is 10.4. The molecule has 3 rings (SSSR count). The molecule has 5 nitrogen and oxygen atoms in total. The lowest BCUT2D eigenvalue weighted by molar-refractivity contribution is -0.138. The molecule has 1 unspecified atom stereocenters. The number of nitrogens with one attached hydrogen (secondary N) is 1. The van der Waals surface area contributed by atoms with Gasteiger partial charge in [-0.3, -0.25) is 9.59 Å². The van der Waals surface area contributed by atoms with Crippen LogP contribution in [0.4, 0.5) is 5.69 Å². The molecule has 0 bridgehead atoms. The summed E-state index contributed by atoms with van der Waals surface area (Å²) in [7, 11) is 1.54. The van der Waals surface area contributed by atoms with E-state index in [2.05, 4.69) is 5.32 Å². The monoisotopic (exact) mass is 325 g/mol. The van der Waals surface area contributed by atoms with Crippen LogP contribution in [0.3, 0.4) is 0 Å². The first-order valence-corrected chi connectivity index (χ1v) is 7.75. The fourth-order valence-corrected chi connectivity index (χ4v) is 2.91. The molecule has 1 N–H and O–H groups in total. The van der Waals surface area contributed by atoms with Crippen molar-refractivity contribution in [3.63, 3.8) is 0 Å². The molecule has 1 heterocycles. The summed E-state index contributed by atoms with van der Waals surface area (Å²) in [5.74, 6) is -0.247. The average Bonchev–Trinajstić information content (AvgIpc) is 2.56. The predicted octanol–water partition coefficient (Wildman–Crippen LogP) is 3.34. The maximum absolute atomic E-state index is 12.8. The number of benzene rings is 2. The van der Waals surface area contributed by atoms with Crippen molar-refractivity contribution in [1.29, 1.82) is 0 Å². The quantitative estimate of drug-likeness (QED) is 0.694. The van der Waals surface area contributed by atoms with Crippen LogP contribution in [0.5, 0.6) is 11.5 Å². The molecule has 0 fully saturated rings. The second kappa shape index (κ2) is 6.35. The van der Waals surface area contributed by atoms with Crippen LogP contribution in [0.1, 0.15) is 29.0 Å². The van der Waals surface area contributed by atoms with Gasteiger partial charge in [-0.25, -0.2) is 0 Å². The zero-order chi connectivity index (χ0) is 17.3. The zero-order valence-corrected chi connectivity index (χ0v) is 13.9. The Hall–Kier alpha value is -2.82. The van der Waals surface area contributed by atoms with Crippen LogP contribution in [0, 0.1) is 13.8 Å². The van der Waals surface area contributed by atoms with E-state index in [1.165, 1.54) is 7.11 Å². The molecular formula is C19H19NO4. The molecule has 5 heteroatoms. The molecule has 2 aromatic carbocycles. The number of esters is 1. The van der Waals surface area contributed by atoms with Gasteiger partial charge in [-0.1, -0.05) is 24.3 Å². The normalized spacial score (nSPS) is 16.1. The summed E-state index contributed by atoms with van der Waals surface area (Å²) in [6.45, 7) is 3.88. The molecule has 0 aromatic heterocycles. The Kier molecular flexibility index (Phi) is 4.25. The first kappa shape index (κ1) is 16.1. The Morgan fingerprint density at radius 3 is 2.58 bits per heavy atom. The van der Waals surface area contributed by atoms with Gasteiger partial charge in [0, 0.05) is 17.3 Å². The minimum absolute atomic E-state index is 0.0239. The topological polar surface area (TPSA) is 64.6 Å². The summed E-state index contributed by atoms with van der Waals surface area (Å²) in [5, 5.41) is 2.96. The molecule has 124 valence electrons. The fraction of sp³-hybridized carbons (Fsp3) is 0.263. The standard InChI is InChI=1S/C19H19NO4/c1-11-5-4-6-12(2)18(11)20-19(22)15-10-17(21)24-16-9-13(23-3)7-8-14(15)16/h4-9,15H,10H2,1-3H3,(H,20,22). The van der Waals surface area contributed by atoms with Gasteiger partial charge >= 0.3 is 5.97 Å². The number of fused-ring (bicyclic) bond motifs is 1. The zero-order valence-electron chi connectivity index (χ0n) is 13.9. The number of hydrogen-bond acceptors (Lipinski definition) is 4. The smallest absolute Gasteiger partial charge is 0.312 e. The van der Waals surface area contributed by atoms with Crippen LogP contribution >= 0.6 is 0 Å². The number of anilines is 1. The lowest BCUT2D eigenvalue weighted by Gasteiger charge is -2.24. The number of hydrogen-bond donors (Lipinski definition) is 1. The van der Waals surface area contributed by atoms with E-state index in [9.17, 15) is 9.59 Å². The molecule has 1 aliphatic rings. The molecule has 2 aromatic rings. The maximum atomic E-state index is 12.8. The van der Waals surface area contributed by atoms with E-state index in [0.29, 0.717) is 17.1 Å². The number of carbonyl (C=O) groups is 2. The molecule has 0 spiro atoms. The average molecular weight is 325 g/mol. The summed E-state index contributed by atoms with van der Waals surface area (Å²) >= 11 is 0. The number of para-hydroxylation sites is 1. The third kappa shape index (κ3) is 2.97. The van der Waals surface area contributed by atoms with Gasteiger partial charge in [0.15, 0.2) is 0 Å². The maximum Gasteiger partial charge on any atom is 0.312 e. The van der Waals surface area contributed by atoms with Crippen LogP contribution in [-0.4, -0.2) is 19.0 Å². The van der Waals surface area contributed by atoms with Crippen molar-refractivity contribution < 1.29 is 19.1 Å². The fourth-order valence-electron chi connectivity index (χ4n) is 2.91. The minimum Gasteiger partial charge on any atom is -0.497 e. The van der Waals surface area contributed by atoms with Crippen LogP contribution in [0.25, 0.3) is 0 Å². The van der Waals surface area contributed by atoms with Gasteiger partial charge in [0.2, 0.25) is 5.91 Å². The molecule has 0 radical (unpaired) electrons. The van der Waals surface area contributed by atoms with E-state index in [1.54, 1.807) is 18.2 Å². The second-order valence-corrected chi connectivity index (χ2v) is 5.89. The van der Waals surface area contributed by atoms with Gasteiger partial charge in [-0.15, -0.1) is 0 Å². The van der Waals surface area contributed by atoms with Gasteiger partial charge in [-0.2, -0.15) is 0 Å². The van der Waals surface area contributed by atoms with E-state index < -0.39 is 11.9 Å². The van der Waals surface area contributed by atoms with Crippen molar-refractivity contribution in [1.82, 2.24) is 0 Å². The van der Waals surface area contributed by atoms with Crippen molar-refractivity contribution >= 4 is 17.6 Å². The van der Waals surface area contributed by atoms with Gasteiger partial charge in [-0.05, 0) is 31.0 Å². The van der Waals surface area contributed by atoms with Gasteiger partial charge < -0.3 is 14.8 Å². The SMILES string of the molecule is COc1ccc2c(c1)OC(=O)CC2C(=O)Nc1c(C)cccc1C. The van der Waals surface area contributed by atoms with Crippen LogP contribution in [0.2, 0.25) is 0 Å². The highest BCUT2D eigenvalue weighted by atomic mass is 16.5. The van der Waals surface area contributed by atoms with Crippen molar-refractivity contribution in [2.75, 3.05) is 12.4 Å². The molecule has 1 atom stereocenters. The van der Waals surface area contributed by atoms with Gasteiger partial charge in [0.05, 0.1) is 19.4 Å². The number of amides is 1. The molecule has 1 aliphatic heterocycles. The van der Waals surface area contributed by atoms with E-state index >= 15 is 0 Å². The Bertz CT molecular complexity index is 793. The van der Waals surface area contributed by atoms with Gasteiger partial charge in [0.25, 0.3) is 0 Å². The number of methoxy groups -OCH3 is 1. The van der Waals surface area contributed by atoms with Gasteiger partial charge in [0.1, 0.15) is 11.5 Å². The van der Waals surface area contributed by atoms with Crippen molar-refractivity contribution in [3.05, 3.63) is 53.1 Å². The number of ether oxygens (including phenoxy) is 2. The number of rotatable bonds is 3. The highest BCUT2D eigenvalue weighted by Gasteiger charge is 2.33. The number of aryl methyl sites for hydroxylation is 2. The van der Waals surface area contributed by atoms with Crippen molar-refractivity contribution in [2.24, 2.45) is 0 Å². The van der Waals surface area contributed by atoms with E-state index in [1.807, 2.05) is 32.0 Å². The minimum atomic E-state index is -0.578. The highest BCUT2D eigenvalue weighted by molar-refractivity contribution is 6.00. The number of carbonyl (C=O) groups excluding carboxylic acids is 2. The highest BCUT2D eigenvalue weighted by Crippen LogP contribution is 2.37. The molecular weight excluding hydrogens is 306 g/mol. The summed E-state index contributed by atoms with van der Waals surface area (Å²) in [4.78, 5) is 24.7. The predicted molar refractivity (Wildman–Crippen MR) is 90.5 cm³/mol. The molecule has 1 amide bonds. The van der Waals surface area contributed by atoms with Crippen LogP contribution < -0.4 is 14.8 Å². The first-order chi connectivity index (χ1) is 11.5. The molecule has 0 aliphatic carbocycles. The Labute approximate surface area is 140 Å². The summed E-state index contributed by atoms with van der Waals surface area (Å²) in [5.41, 5.74) is 3.45. The van der Waals surface area contributed by atoms with E-state index in [-0.39, 0.29) is 12.3 Å². The van der Waals surface area contributed by atoms with Crippen molar-refractivity contribution in [2.45, 2.75) is 26.2 Å².